The third-order valence-electron chi connectivity index (χ3n) is 1.83. The van der Waals surface area contributed by atoms with Crippen LogP contribution in [-0.4, -0.2) is 18.4 Å². The lowest BCUT2D eigenvalue weighted by Gasteiger charge is -2.06. The van der Waals surface area contributed by atoms with Gasteiger partial charge in [0.15, 0.2) is 0 Å². The molecule has 0 aliphatic heterocycles. The highest BCUT2D eigenvalue weighted by atomic mass is 19.4. The first-order valence-corrected chi connectivity index (χ1v) is 3.04. The van der Waals surface area contributed by atoms with Gasteiger partial charge in [0, 0.05) is 6.04 Å². The Kier molecular flexibility index (Phi) is 1.82. The van der Waals surface area contributed by atoms with E-state index in [0.717, 1.165) is 0 Å². The molecular formula is C5H5F6N. The first kappa shape index (κ1) is 9.63. The van der Waals surface area contributed by atoms with Crippen molar-refractivity contribution < 1.29 is 26.3 Å². The number of hydrogen-bond donors (Lipinski definition) is 1. The van der Waals surface area contributed by atoms with Crippen LogP contribution in [0.25, 0.3) is 0 Å². The predicted molar refractivity (Wildman–Crippen MR) is 27.1 cm³/mol. The largest absolute Gasteiger partial charge is 0.393 e. The maximum atomic E-state index is 11.7. The van der Waals surface area contributed by atoms with Crippen molar-refractivity contribution >= 4 is 0 Å². The summed E-state index contributed by atoms with van der Waals surface area (Å²) in [6.45, 7) is 0. The normalized spacial score (nSPS) is 36.8. The predicted octanol–water partition coefficient (Wildman–Crippen LogP) is 1.68. The van der Waals surface area contributed by atoms with Gasteiger partial charge in [0.25, 0.3) is 0 Å². The Labute approximate surface area is 63.5 Å². The number of nitrogens with two attached hydrogens (primary N) is 1. The van der Waals surface area contributed by atoms with Gasteiger partial charge in [-0.05, 0) is 0 Å². The highest BCUT2D eigenvalue weighted by Gasteiger charge is 2.72. The Bertz CT molecular complexity index is 161. The molecule has 0 aromatic carbocycles. The van der Waals surface area contributed by atoms with E-state index in [4.69, 9.17) is 0 Å². The van der Waals surface area contributed by atoms with Gasteiger partial charge in [-0.1, -0.05) is 0 Å². The quantitative estimate of drug-likeness (QED) is 0.582. The summed E-state index contributed by atoms with van der Waals surface area (Å²) in [5, 5.41) is 0. The SMILES string of the molecule is NC1[C@H](C(F)(F)F)[C@H]1C(F)(F)F. The summed E-state index contributed by atoms with van der Waals surface area (Å²) < 4.78 is 70.1. The van der Waals surface area contributed by atoms with Crippen LogP contribution in [0.4, 0.5) is 26.3 Å². The van der Waals surface area contributed by atoms with Gasteiger partial charge in [0.1, 0.15) is 0 Å². The Balaban J connectivity index is 2.67. The number of alkyl halides is 6. The molecule has 1 aliphatic rings. The first-order valence-electron chi connectivity index (χ1n) is 3.04. The van der Waals surface area contributed by atoms with Crippen molar-refractivity contribution in [1.29, 1.82) is 0 Å². The van der Waals surface area contributed by atoms with Gasteiger partial charge in [0.2, 0.25) is 0 Å². The molecular weight excluding hydrogens is 188 g/mol. The Hall–Kier alpha value is -0.460. The molecule has 72 valence electrons. The molecule has 0 spiro atoms. The summed E-state index contributed by atoms with van der Waals surface area (Å²) in [7, 11) is 0. The van der Waals surface area contributed by atoms with E-state index in [1.807, 2.05) is 0 Å². The average molecular weight is 193 g/mol. The first-order chi connectivity index (χ1) is 5.15. The summed E-state index contributed by atoms with van der Waals surface area (Å²) in [4.78, 5) is 0. The van der Waals surface area contributed by atoms with Crippen molar-refractivity contribution in [3.05, 3.63) is 0 Å². The fourth-order valence-corrected chi connectivity index (χ4v) is 1.18. The lowest BCUT2D eigenvalue weighted by atomic mass is 10.3. The minimum atomic E-state index is -4.83. The van der Waals surface area contributed by atoms with Crippen molar-refractivity contribution in [1.82, 2.24) is 0 Å². The van der Waals surface area contributed by atoms with Crippen LogP contribution >= 0.6 is 0 Å². The van der Waals surface area contributed by atoms with E-state index in [1.165, 1.54) is 0 Å². The molecule has 0 amide bonds. The van der Waals surface area contributed by atoms with Crippen LogP contribution in [0.5, 0.6) is 0 Å². The maximum absolute atomic E-state index is 11.7. The van der Waals surface area contributed by atoms with Crippen LogP contribution in [0.15, 0.2) is 0 Å². The second-order valence-corrected chi connectivity index (χ2v) is 2.71. The third-order valence-corrected chi connectivity index (χ3v) is 1.83. The average Bonchev–Trinajstić information content (AvgIpc) is 2.35. The lowest BCUT2D eigenvalue weighted by molar-refractivity contribution is -0.191. The van der Waals surface area contributed by atoms with Crippen molar-refractivity contribution in [3.63, 3.8) is 0 Å². The zero-order valence-corrected chi connectivity index (χ0v) is 5.58. The minimum absolute atomic E-state index is 1.81. The molecule has 2 N–H and O–H groups in total. The van der Waals surface area contributed by atoms with Crippen LogP contribution in [0.2, 0.25) is 0 Å². The number of hydrogen-bond acceptors (Lipinski definition) is 1. The molecule has 7 heteroatoms. The van der Waals surface area contributed by atoms with Crippen LogP contribution in [0.3, 0.4) is 0 Å². The zero-order valence-electron chi connectivity index (χ0n) is 5.58. The fourth-order valence-electron chi connectivity index (χ4n) is 1.18. The van der Waals surface area contributed by atoms with Gasteiger partial charge >= 0.3 is 12.4 Å². The van der Waals surface area contributed by atoms with Crippen molar-refractivity contribution in [2.45, 2.75) is 18.4 Å². The molecule has 0 heterocycles. The summed E-state index contributed by atoms with van der Waals surface area (Å²) in [6.07, 6.45) is -9.67. The fraction of sp³-hybridized carbons (Fsp3) is 1.00. The second-order valence-electron chi connectivity index (χ2n) is 2.71. The molecule has 0 saturated heterocycles. The Morgan fingerprint density at radius 2 is 1.00 bits per heavy atom. The molecule has 0 aromatic rings. The van der Waals surface area contributed by atoms with Gasteiger partial charge in [0.05, 0.1) is 11.8 Å². The van der Waals surface area contributed by atoms with E-state index >= 15 is 0 Å². The molecule has 1 fully saturated rings. The van der Waals surface area contributed by atoms with Gasteiger partial charge in [-0.25, -0.2) is 0 Å². The standard InChI is InChI=1S/C5H5F6N/c6-4(7,8)1-2(3(1)12)5(9,10)11/h1-3H,12H2/t1-,2-/m1/s1. The lowest BCUT2D eigenvalue weighted by Crippen LogP contribution is -2.19. The molecule has 0 radical (unpaired) electrons. The van der Waals surface area contributed by atoms with Gasteiger partial charge in [-0.2, -0.15) is 26.3 Å². The smallest absolute Gasteiger partial charge is 0.327 e. The molecule has 0 unspecified atom stereocenters. The van der Waals surface area contributed by atoms with Gasteiger partial charge in [-0.3, -0.25) is 0 Å². The maximum Gasteiger partial charge on any atom is 0.393 e. The van der Waals surface area contributed by atoms with Crippen LogP contribution in [0, 0.1) is 11.8 Å². The van der Waals surface area contributed by atoms with Crippen molar-refractivity contribution in [3.8, 4) is 0 Å². The highest BCUT2D eigenvalue weighted by Crippen LogP contribution is 2.56. The van der Waals surface area contributed by atoms with Gasteiger partial charge < -0.3 is 5.73 Å². The topological polar surface area (TPSA) is 26.0 Å². The summed E-state index contributed by atoms with van der Waals surface area (Å²) >= 11 is 0. The third kappa shape index (κ3) is 1.50. The summed E-state index contributed by atoms with van der Waals surface area (Å²) in [6, 6.07) is -1.81. The molecule has 0 bridgehead atoms. The summed E-state index contributed by atoms with van der Waals surface area (Å²) in [5.41, 5.74) is 4.64. The van der Waals surface area contributed by atoms with E-state index < -0.39 is 30.2 Å². The van der Waals surface area contributed by atoms with Crippen molar-refractivity contribution in [2.24, 2.45) is 17.6 Å². The number of rotatable bonds is 0. The molecule has 2 atom stereocenters. The van der Waals surface area contributed by atoms with Crippen LogP contribution in [-0.2, 0) is 0 Å². The molecule has 0 aromatic heterocycles. The van der Waals surface area contributed by atoms with E-state index in [-0.39, 0.29) is 0 Å². The number of halogens is 6. The Morgan fingerprint density at radius 1 is 0.750 bits per heavy atom. The summed E-state index contributed by atoms with van der Waals surface area (Å²) in [5.74, 6) is -4.81. The zero-order chi connectivity index (χ0) is 9.73. The highest BCUT2D eigenvalue weighted by molar-refractivity contribution is 5.08. The molecule has 1 rings (SSSR count). The monoisotopic (exact) mass is 193 g/mol. The Morgan fingerprint density at radius 3 is 1.08 bits per heavy atom. The molecule has 1 saturated carbocycles. The molecule has 1 aliphatic carbocycles. The van der Waals surface area contributed by atoms with E-state index in [9.17, 15) is 26.3 Å². The van der Waals surface area contributed by atoms with Crippen molar-refractivity contribution in [2.75, 3.05) is 0 Å². The van der Waals surface area contributed by atoms with E-state index in [0.29, 0.717) is 0 Å². The van der Waals surface area contributed by atoms with Gasteiger partial charge in [-0.15, -0.1) is 0 Å². The molecule has 12 heavy (non-hydrogen) atoms. The molecule has 1 nitrogen and oxygen atoms in total. The van der Waals surface area contributed by atoms with E-state index in [2.05, 4.69) is 5.73 Å². The second kappa shape index (κ2) is 2.27. The van der Waals surface area contributed by atoms with E-state index in [1.54, 1.807) is 0 Å². The van der Waals surface area contributed by atoms with Crippen LogP contribution < -0.4 is 5.73 Å². The van der Waals surface area contributed by atoms with Crippen LogP contribution in [0.1, 0.15) is 0 Å². The minimum Gasteiger partial charge on any atom is -0.327 e.